The molecule has 2 rings (SSSR count). The highest BCUT2D eigenvalue weighted by Crippen LogP contribution is 2.21. The number of rotatable bonds is 3. The molecule has 0 spiro atoms. The highest BCUT2D eigenvalue weighted by atomic mass is 32.2. The molecule has 0 atom stereocenters. The first-order valence-corrected chi connectivity index (χ1v) is 6.28. The van der Waals surface area contributed by atoms with Crippen LogP contribution in [-0.2, 0) is 10.2 Å². The Labute approximate surface area is 90.1 Å². The lowest BCUT2D eigenvalue weighted by atomic mass is 10.1. The van der Waals surface area contributed by atoms with Gasteiger partial charge in [-0.25, -0.2) is 0 Å². The van der Waals surface area contributed by atoms with Crippen molar-refractivity contribution in [1.29, 1.82) is 0 Å². The summed E-state index contributed by atoms with van der Waals surface area (Å²) in [5.41, 5.74) is 2.65. The van der Waals surface area contributed by atoms with E-state index in [2.05, 4.69) is 4.72 Å². The van der Waals surface area contributed by atoms with Crippen LogP contribution in [0.4, 0.5) is 5.69 Å². The summed E-state index contributed by atoms with van der Waals surface area (Å²) in [4.78, 5) is 0. The molecule has 1 N–H and O–H groups in total. The van der Waals surface area contributed by atoms with Crippen molar-refractivity contribution in [2.75, 3.05) is 17.8 Å². The molecular weight excluding hydrogens is 212 g/mol. The first-order valence-electron chi connectivity index (χ1n) is 4.84. The summed E-state index contributed by atoms with van der Waals surface area (Å²) in [6.45, 7) is 5.08. The molecule has 1 aliphatic rings. The molecule has 1 aromatic rings. The standard InChI is InChI=1S/C10H14N2O2S/c1-8-3-4-9(2)10(7-8)11-15(13,14)12-5-6-12/h3-4,7,11H,5-6H2,1-2H3. The molecule has 1 aromatic carbocycles. The van der Waals surface area contributed by atoms with E-state index >= 15 is 0 Å². The van der Waals surface area contributed by atoms with Gasteiger partial charge in [-0.05, 0) is 31.0 Å². The number of anilines is 1. The van der Waals surface area contributed by atoms with Gasteiger partial charge in [0, 0.05) is 13.1 Å². The summed E-state index contributed by atoms with van der Waals surface area (Å²) in [6, 6.07) is 5.72. The van der Waals surface area contributed by atoms with E-state index in [-0.39, 0.29) is 0 Å². The lowest BCUT2D eigenvalue weighted by molar-refractivity contribution is 0.569. The zero-order valence-corrected chi connectivity index (χ0v) is 9.63. The molecule has 82 valence electrons. The summed E-state index contributed by atoms with van der Waals surface area (Å²) >= 11 is 0. The van der Waals surface area contributed by atoms with E-state index in [1.807, 2.05) is 32.0 Å². The number of aryl methyl sites for hydroxylation is 2. The van der Waals surface area contributed by atoms with E-state index in [0.29, 0.717) is 18.8 Å². The number of benzene rings is 1. The molecule has 0 aliphatic carbocycles. The molecule has 0 amide bonds. The fourth-order valence-electron chi connectivity index (χ4n) is 1.33. The summed E-state index contributed by atoms with van der Waals surface area (Å²) < 4.78 is 27.3. The fraction of sp³-hybridized carbons (Fsp3) is 0.400. The monoisotopic (exact) mass is 226 g/mol. The Morgan fingerprint density at radius 3 is 2.53 bits per heavy atom. The fourth-order valence-corrected chi connectivity index (χ4v) is 2.52. The highest BCUT2D eigenvalue weighted by molar-refractivity contribution is 7.90. The normalized spacial score (nSPS) is 16.4. The Balaban J connectivity index is 2.27. The molecule has 4 nitrogen and oxygen atoms in total. The Kier molecular flexibility index (Phi) is 2.44. The van der Waals surface area contributed by atoms with Crippen LogP contribution in [0.5, 0.6) is 0 Å². The van der Waals surface area contributed by atoms with Gasteiger partial charge in [0.15, 0.2) is 0 Å². The van der Waals surface area contributed by atoms with Gasteiger partial charge in [-0.1, -0.05) is 12.1 Å². The third-order valence-corrected chi connectivity index (χ3v) is 3.90. The van der Waals surface area contributed by atoms with Gasteiger partial charge in [0.2, 0.25) is 0 Å². The molecule has 0 saturated carbocycles. The minimum absolute atomic E-state index is 0.625. The number of hydrogen-bond acceptors (Lipinski definition) is 2. The maximum Gasteiger partial charge on any atom is 0.301 e. The molecule has 5 heteroatoms. The first-order chi connectivity index (χ1) is 6.99. The summed E-state index contributed by atoms with van der Waals surface area (Å²) in [6.07, 6.45) is 0. The highest BCUT2D eigenvalue weighted by Gasteiger charge is 2.31. The van der Waals surface area contributed by atoms with E-state index in [1.165, 1.54) is 4.31 Å². The largest absolute Gasteiger partial charge is 0.301 e. The second kappa shape index (κ2) is 3.50. The van der Waals surface area contributed by atoms with Crippen LogP contribution in [0, 0.1) is 13.8 Å². The van der Waals surface area contributed by atoms with Crippen molar-refractivity contribution in [2.24, 2.45) is 0 Å². The van der Waals surface area contributed by atoms with E-state index in [9.17, 15) is 8.42 Å². The van der Waals surface area contributed by atoms with E-state index in [0.717, 1.165) is 11.1 Å². The SMILES string of the molecule is Cc1ccc(C)c(NS(=O)(=O)N2CC2)c1. The second-order valence-corrected chi connectivity index (χ2v) is 5.50. The lowest BCUT2D eigenvalue weighted by Gasteiger charge is -2.10. The van der Waals surface area contributed by atoms with Gasteiger partial charge in [-0.3, -0.25) is 4.72 Å². The molecular formula is C10H14N2O2S. The minimum atomic E-state index is -3.30. The van der Waals surface area contributed by atoms with Crippen LogP contribution in [0.2, 0.25) is 0 Å². The van der Waals surface area contributed by atoms with Crippen LogP contribution in [0.15, 0.2) is 18.2 Å². The lowest BCUT2D eigenvalue weighted by Crippen LogP contribution is -2.21. The third-order valence-electron chi connectivity index (χ3n) is 2.38. The molecule has 0 unspecified atom stereocenters. The van der Waals surface area contributed by atoms with Gasteiger partial charge in [-0.2, -0.15) is 12.7 Å². The van der Waals surface area contributed by atoms with Crippen LogP contribution in [0.3, 0.4) is 0 Å². The quantitative estimate of drug-likeness (QED) is 0.789. The van der Waals surface area contributed by atoms with Gasteiger partial charge in [-0.15, -0.1) is 0 Å². The van der Waals surface area contributed by atoms with Crippen LogP contribution in [0.1, 0.15) is 11.1 Å². The average molecular weight is 226 g/mol. The third kappa shape index (κ3) is 2.30. The summed E-state index contributed by atoms with van der Waals surface area (Å²) in [7, 11) is -3.30. The van der Waals surface area contributed by atoms with Gasteiger partial charge < -0.3 is 0 Å². The van der Waals surface area contributed by atoms with Crippen molar-refractivity contribution in [3.63, 3.8) is 0 Å². The van der Waals surface area contributed by atoms with Gasteiger partial charge in [0.25, 0.3) is 0 Å². The Hall–Kier alpha value is -1.07. The zero-order chi connectivity index (χ0) is 11.1. The van der Waals surface area contributed by atoms with Crippen molar-refractivity contribution in [3.05, 3.63) is 29.3 Å². The number of nitrogens with zero attached hydrogens (tertiary/aromatic N) is 1. The molecule has 0 bridgehead atoms. The second-order valence-electron chi connectivity index (χ2n) is 3.82. The van der Waals surface area contributed by atoms with Gasteiger partial charge in [0.05, 0.1) is 5.69 Å². The van der Waals surface area contributed by atoms with Crippen molar-refractivity contribution in [3.8, 4) is 0 Å². The van der Waals surface area contributed by atoms with Gasteiger partial charge >= 0.3 is 10.2 Å². The summed E-state index contributed by atoms with van der Waals surface area (Å²) in [5, 5.41) is 0. The van der Waals surface area contributed by atoms with Gasteiger partial charge in [0.1, 0.15) is 0 Å². The first kappa shape index (κ1) is 10.4. The van der Waals surface area contributed by atoms with Crippen LogP contribution < -0.4 is 4.72 Å². The van der Waals surface area contributed by atoms with Crippen LogP contribution in [-0.4, -0.2) is 25.8 Å². The Bertz CT molecular complexity index is 478. The van der Waals surface area contributed by atoms with Crippen molar-refractivity contribution >= 4 is 15.9 Å². The maximum atomic E-state index is 11.6. The minimum Gasteiger partial charge on any atom is -0.271 e. The van der Waals surface area contributed by atoms with E-state index < -0.39 is 10.2 Å². The smallest absolute Gasteiger partial charge is 0.271 e. The van der Waals surface area contributed by atoms with E-state index in [1.54, 1.807) is 0 Å². The van der Waals surface area contributed by atoms with Crippen molar-refractivity contribution in [1.82, 2.24) is 4.31 Å². The van der Waals surface area contributed by atoms with Crippen molar-refractivity contribution in [2.45, 2.75) is 13.8 Å². The number of hydrogen-bond donors (Lipinski definition) is 1. The predicted molar refractivity (Wildman–Crippen MR) is 60.0 cm³/mol. The molecule has 1 saturated heterocycles. The summed E-state index contributed by atoms with van der Waals surface area (Å²) in [5.74, 6) is 0. The van der Waals surface area contributed by atoms with E-state index in [4.69, 9.17) is 0 Å². The predicted octanol–water partition coefficient (Wildman–Crippen LogP) is 1.28. The molecule has 1 aliphatic heterocycles. The maximum absolute atomic E-state index is 11.6. The average Bonchev–Trinajstić information content (AvgIpc) is 2.93. The molecule has 0 aromatic heterocycles. The molecule has 1 fully saturated rings. The zero-order valence-electron chi connectivity index (χ0n) is 8.82. The van der Waals surface area contributed by atoms with Crippen LogP contribution in [0.25, 0.3) is 0 Å². The van der Waals surface area contributed by atoms with Crippen molar-refractivity contribution < 1.29 is 8.42 Å². The Morgan fingerprint density at radius 2 is 1.93 bits per heavy atom. The topological polar surface area (TPSA) is 49.2 Å². The van der Waals surface area contributed by atoms with Crippen LogP contribution >= 0.6 is 0 Å². The molecule has 15 heavy (non-hydrogen) atoms. The number of nitrogens with one attached hydrogen (secondary N) is 1. The Morgan fingerprint density at radius 1 is 1.27 bits per heavy atom. The molecule has 1 heterocycles. The molecule has 0 radical (unpaired) electrons.